The van der Waals surface area contributed by atoms with Crippen molar-refractivity contribution in [2.45, 2.75) is 25.9 Å². The molecule has 0 aliphatic carbocycles. The average molecular weight is 404 g/mol. The Hall–Kier alpha value is -3.56. The minimum atomic E-state index is -0.0211. The SMILES string of the molecule is Cc1ccc(C2=C(c3ccc(C)cc3)[C@@H](c3ccccn3)N[C@H]2c2ccccn2)cc1. The molecule has 3 heteroatoms. The number of hydrogen-bond acceptors (Lipinski definition) is 3. The van der Waals surface area contributed by atoms with Gasteiger partial charge in [0.2, 0.25) is 0 Å². The quantitative estimate of drug-likeness (QED) is 0.448. The largest absolute Gasteiger partial charge is 0.293 e. The van der Waals surface area contributed by atoms with E-state index in [-0.39, 0.29) is 12.1 Å². The molecule has 2 aromatic heterocycles. The van der Waals surface area contributed by atoms with E-state index in [4.69, 9.17) is 9.97 Å². The van der Waals surface area contributed by atoms with E-state index in [1.807, 2.05) is 24.5 Å². The number of pyridine rings is 2. The van der Waals surface area contributed by atoms with Crippen LogP contribution in [0.25, 0.3) is 11.1 Å². The Labute approximate surface area is 183 Å². The number of benzene rings is 2. The number of aromatic nitrogens is 2. The summed E-state index contributed by atoms with van der Waals surface area (Å²) in [4.78, 5) is 9.41. The summed E-state index contributed by atoms with van der Waals surface area (Å²) < 4.78 is 0. The van der Waals surface area contributed by atoms with E-state index in [0.29, 0.717) is 0 Å². The molecule has 1 aliphatic rings. The molecule has 0 unspecified atom stereocenters. The van der Waals surface area contributed by atoms with Gasteiger partial charge in [-0.15, -0.1) is 0 Å². The van der Waals surface area contributed by atoms with Crippen LogP contribution in [-0.4, -0.2) is 9.97 Å². The zero-order valence-corrected chi connectivity index (χ0v) is 17.8. The lowest BCUT2D eigenvalue weighted by Crippen LogP contribution is -2.22. The fourth-order valence-electron chi connectivity index (χ4n) is 4.31. The van der Waals surface area contributed by atoms with Gasteiger partial charge in [-0.3, -0.25) is 15.3 Å². The van der Waals surface area contributed by atoms with Crippen molar-refractivity contribution in [3.8, 4) is 0 Å². The fourth-order valence-corrected chi connectivity index (χ4v) is 4.31. The monoisotopic (exact) mass is 403 g/mol. The van der Waals surface area contributed by atoms with E-state index in [0.717, 1.165) is 11.4 Å². The number of nitrogens with one attached hydrogen (secondary N) is 1. The van der Waals surface area contributed by atoms with Crippen molar-refractivity contribution >= 4 is 11.1 Å². The minimum Gasteiger partial charge on any atom is -0.293 e. The fraction of sp³-hybridized carbons (Fsp3) is 0.143. The van der Waals surface area contributed by atoms with Gasteiger partial charge in [-0.05, 0) is 60.4 Å². The third-order valence-electron chi connectivity index (χ3n) is 5.89. The summed E-state index contributed by atoms with van der Waals surface area (Å²) in [7, 11) is 0. The van der Waals surface area contributed by atoms with Gasteiger partial charge in [0.15, 0.2) is 0 Å². The zero-order valence-electron chi connectivity index (χ0n) is 17.8. The Bertz CT molecular complexity index is 1100. The molecular formula is C28H25N3. The lowest BCUT2D eigenvalue weighted by Gasteiger charge is -2.17. The first-order chi connectivity index (χ1) is 15.2. The summed E-state index contributed by atoms with van der Waals surface area (Å²) in [6, 6.07) is 29.8. The van der Waals surface area contributed by atoms with Crippen LogP contribution in [0.3, 0.4) is 0 Å². The molecule has 2 aromatic carbocycles. The van der Waals surface area contributed by atoms with Gasteiger partial charge >= 0.3 is 0 Å². The molecule has 0 radical (unpaired) electrons. The van der Waals surface area contributed by atoms with Gasteiger partial charge in [0.1, 0.15) is 0 Å². The van der Waals surface area contributed by atoms with Gasteiger partial charge in [-0.2, -0.15) is 0 Å². The maximum atomic E-state index is 4.71. The van der Waals surface area contributed by atoms with Crippen LogP contribution < -0.4 is 5.32 Å². The van der Waals surface area contributed by atoms with Crippen LogP contribution in [0.15, 0.2) is 97.3 Å². The van der Waals surface area contributed by atoms with Crippen LogP contribution in [-0.2, 0) is 0 Å². The molecule has 5 rings (SSSR count). The Kier molecular flexibility index (Phi) is 5.19. The Morgan fingerprint density at radius 1 is 0.548 bits per heavy atom. The molecule has 4 aromatic rings. The Morgan fingerprint density at radius 3 is 1.32 bits per heavy atom. The molecule has 0 amide bonds. The Balaban J connectivity index is 1.77. The predicted molar refractivity (Wildman–Crippen MR) is 126 cm³/mol. The van der Waals surface area contributed by atoms with Crippen molar-refractivity contribution in [2.75, 3.05) is 0 Å². The lowest BCUT2D eigenvalue weighted by molar-refractivity contribution is 0.597. The van der Waals surface area contributed by atoms with E-state index in [1.54, 1.807) is 0 Å². The maximum Gasteiger partial charge on any atom is 0.0768 e. The van der Waals surface area contributed by atoms with Gasteiger partial charge < -0.3 is 0 Å². The summed E-state index contributed by atoms with van der Waals surface area (Å²) in [5.74, 6) is 0. The third-order valence-corrected chi connectivity index (χ3v) is 5.89. The Morgan fingerprint density at radius 2 is 0.968 bits per heavy atom. The zero-order chi connectivity index (χ0) is 21.2. The van der Waals surface area contributed by atoms with Crippen LogP contribution in [0.2, 0.25) is 0 Å². The molecule has 1 N–H and O–H groups in total. The molecule has 152 valence electrons. The van der Waals surface area contributed by atoms with E-state index in [9.17, 15) is 0 Å². The van der Waals surface area contributed by atoms with Crippen LogP contribution in [0.1, 0.15) is 45.7 Å². The van der Waals surface area contributed by atoms with Crippen LogP contribution >= 0.6 is 0 Å². The van der Waals surface area contributed by atoms with Crippen molar-refractivity contribution in [2.24, 2.45) is 0 Å². The second kappa shape index (κ2) is 8.29. The number of rotatable bonds is 4. The highest BCUT2D eigenvalue weighted by Gasteiger charge is 2.37. The van der Waals surface area contributed by atoms with Crippen molar-refractivity contribution < 1.29 is 0 Å². The van der Waals surface area contributed by atoms with Crippen LogP contribution in [0, 0.1) is 13.8 Å². The van der Waals surface area contributed by atoms with E-state index < -0.39 is 0 Å². The van der Waals surface area contributed by atoms with Gasteiger partial charge in [-0.1, -0.05) is 71.8 Å². The topological polar surface area (TPSA) is 37.8 Å². The van der Waals surface area contributed by atoms with E-state index in [1.165, 1.54) is 33.4 Å². The molecule has 0 spiro atoms. The van der Waals surface area contributed by atoms with Crippen molar-refractivity contribution in [1.29, 1.82) is 0 Å². The summed E-state index contributed by atoms with van der Waals surface area (Å²) in [5, 5.41) is 3.85. The number of aryl methyl sites for hydroxylation is 2. The first kappa shape index (κ1) is 19.4. The van der Waals surface area contributed by atoms with Gasteiger partial charge in [0.25, 0.3) is 0 Å². The number of nitrogens with zero attached hydrogens (tertiary/aromatic N) is 2. The summed E-state index contributed by atoms with van der Waals surface area (Å²) in [6.45, 7) is 4.25. The first-order valence-electron chi connectivity index (χ1n) is 10.7. The summed E-state index contributed by atoms with van der Waals surface area (Å²) in [6.07, 6.45) is 3.73. The average Bonchev–Trinajstić information content (AvgIpc) is 3.22. The normalized spacial score (nSPS) is 18.4. The number of hydrogen-bond donors (Lipinski definition) is 1. The molecule has 0 fully saturated rings. The first-order valence-corrected chi connectivity index (χ1v) is 10.7. The minimum absolute atomic E-state index is 0.0211. The maximum absolute atomic E-state index is 4.71. The predicted octanol–water partition coefficient (Wildman–Crippen LogP) is 6.09. The molecule has 2 atom stereocenters. The van der Waals surface area contributed by atoms with Gasteiger partial charge in [-0.25, -0.2) is 0 Å². The highest BCUT2D eigenvalue weighted by Crippen LogP contribution is 2.48. The molecular weight excluding hydrogens is 378 g/mol. The summed E-state index contributed by atoms with van der Waals surface area (Å²) in [5.41, 5.74) is 9.48. The standard InChI is InChI=1S/C28H25N3/c1-19-9-13-21(14-10-19)25-26(22-15-11-20(2)12-16-22)28(24-8-4-6-18-30-24)31-27(25)23-7-3-5-17-29-23/h3-18,27-28,31H,1-2H3/t27-,28+. The second-order valence-corrected chi connectivity index (χ2v) is 8.10. The lowest BCUT2D eigenvalue weighted by atomic mass is 9.88. The van der Waals surface area contributed by atoms with E-state index in [2.05, 4.69) is 92.0 Å². The smallest absolute Gasteiger partial charge is 0.0768 e. The summed E-state index contributed by atoms with van der Waals surface area (Å²) >= 11 is 0. The molecule has 1 aliphatic heterocycles. The highest BCUT2D eigenvalue weighted by atomic mass is 15.0. The van der Waals surface area contributed by atoms with Crippen LogP contribution in [0.4, 0.5) is 0 Å². The molecule has 3 nitrogen and oxygen atoms in total. The molecule has 0 saturated carbocycles. The second-order valence-electron chi connectivity index (χ2n) is 8.10. The van der Waals surface area contributed by atoms with Gasteiger partial charge in [0.05, 0.1) is 23.5 Å². The van der Waals surface area contributed by atoms with Crippen molar-refractivity contribution in [3.05, 3.63) is 131 Å². The van der Waals surface area contributed by atoms with Crippen LogP contribution in [0.5, 0.6) is 0 Å². The molecule has 31 heavy (non-hydrogen) atoms. The molecule has 3 heterocycles. The van der Waals surface area contributed by atoms with Crippen molar-refractivity contribution in [3.63, 3.8) is 0 Å². The highest BCUT2D eigenvalue weighted by molar-refractivity contribution is 5.98. The third kappa shape index (κ3) is 3.80. The van der Waals surface area contributed by atoms with E-state index >= 15 is 0 Å². The molecule has 0 bridgehead atoms. The molecule has 0 saturated heterocycles. The van der Waals surface area contributed by atoms with Crippen molar-refractivity contribution in [1.82, 2.24) is 15.3 Å². The van der Waals surface area contributed by atoms with Gasteiger partial charge in [0, 0.05) is 12.4 Å².